The zero-order valence-corrected chi connectivity index (χ0v) is 20.2. The van der Waals surface area contributed by atoms with E-state index >= 15 is 0 Å². The number of hydrogen-bond donors (Lipinski definition) is 3. The average molecular weight is 512 g/mol. The third-order valence-corrected chi connectivity index (χ3v) is 8.47. The molecule has 1 aliphatic carbocycles. The van der Waals surface area contributed by atoms with Gasteiger partial charge in [-0.2, -0.15) is 4.31 Å². The van der Waals surface area contributed by atoms with Crippen LogP contribution in [0.15, 0.2) is 29.8 Å². The average Bonchev–Trinajstić information content (AvgIpc) is 3.16. The number of carbonyl (C=O) groups is 1. The van der Waals surface area contributed by atoms with Crippen molar-refractivity contribution in [2.75, 3.05) is 19.7 Å². The van der Waals surface area contributed by atoms with Gasteiger partial charge in [-0.15, -0.1) is 0 Å². The number of aromatic amines is 1. The van der Waals surface area contributed by atoms with E-state index in [-0.39, 0.29) is 36.7 Å². The van der Waals surface area contributed by atoms with Crippen molar-refractivity contribution in [1.82, 2.24) is 24.6 Å². The van der Waals surface area contributed by atoms with Gasteiger partial charge in [-0.3, -0.25) is 4.79 Å². The van der Waals surface area contributed by atoms with E-state index in [1.54, 1.807) is 0 Å². The van der Waals surface area contributed by atoms with E-state index in [2.05, 4.69) is 20.3 Å². The number of H-pyrrole nitrogens is 1. The van der Waals surface area contributed by atoms with Crippen LogP contribution in [0.5, 0.6) is 0 Å². The molecule has 2 aromatic heterocycles. The highest BCUT2D eigenvalue weighted by Gasteiger charge is 2.38. The predicted molar refractivity (Wildman–Crippen MR) is 125 cm³/mol. The van der Waals surface area contributed by atoms with Crippen LogP contribution in [-0.4, -0.2) is 63.9 Å². The molecule has 1 aliphatic heterocycles. The number of nitrogens with one attached hydrogen (secondary N) is 2. The molecular weight excluding hydrogens is 485 g/mol. The molecule has 34 heavy (non-hydrogen) atoms. The maximum atomic E-state index is 13.2. The molecule has 12 heteroatoms. The highest BCUT2D eigenvalue weighted by molar-refractivity contribution is 7.92. The summed E-state index contributed by atoms with van der Waals surface area (Å²) in [4.78, 5) is 23.7. The lowest BCUT2D eigenvalue weighted by Gasteiger charge is -2.40. The van der Waals surface area contributed by atoms with Gasteiger partial charge in [0.15, 0.2) is 11.0 Å². The van der Waals surface area contributed by atoms with Gasteiger partial charge in [-0.05, 0) is 43.7 Å². The molecule has 184 valence electrons. The summed E-state index contributed by atoms with van der Waals surface area (Å²) in [5.74, 6) is -0.706. The van der Waals surface area contributed by atoms with Crippen molar-refractivity contribution in [1.29, 1.82) is 0 Å². The Bertz CT molecular complexity index is 1170. The Morgan fingerprint density at radius 1 is 1.44 bits per heavy atom. The van der Waals surface area contributed by atoms with E-state index in [0.717, 1.165) is 24.1 Å². The fourth-order valence-corrected chi connectivity index (χ4v) is 6.02. The number of sulfonamides is 1. The highest BCUT2D eigenvalue weighted by atomic mass is 35.5. The molecule has 2 fully saturated rings. The molecule has 4 rings (SSSR count). The third-order valence-electron chi connectivity index (χ3n) is 6.65. The highest BCUT2D eigenvalue weighted by Crippen LogP contribution is 2.37. The van der Waals surface area contributed by atoms with E-state index in [0.29, 0.717) is 36.5 Å². The number of aliphatic hydroxyl groups is 1. The zero-order valence-electron chi connectivity index (χ0n) is 18.7. The van der Waals surface area contributed by atoms with Crippen molar-refractivity contribution in [3.63, 3.8) is 0 Å². The quantitative estimate of drug-likeness (QED) is 0.490. The monoisotopic (exact) mass is 511 g/mol. The van der Waals surface area contributed by atoms with Gasteiger partial charge in [0, 0.05) is 25.1 Å². The van der Waals surface area contributed by atoms with Crippen LogP contribution in [0.25, 0.3) is 11.5 Å². The summed E-state index contributed by atoms with van der Waals surface area (Å²) < 4.78 is 40.1. The molecule has 1 saturated heterocycles. The lowest BCUT2D eigenvalue weighted by Crippen LogP contribution is -2.55. The molecule has 0 radical (unpaired) electrons. The number of piperidine rings is 1. The number of amides is 1. The van der Waals surface area contributed by atoms with E-state index in [4.69, 9.17) is 11.6 Å². The molecule has 2 atom stereocenters. The van der Waals surface area contributed by atoms with Crippen LogP contribution in [0.1, 0.15) is 44.2 Å². The second kappa shape index (κ2) is 9.73. The van der Waals surface area contributed by atoms with Gasteiger partial charge in [0.05, 0.1) is 29.4 Å². The predicted octanol–water partition coefficient (Wildman–Crippen LogP) is 2.56. The maximum absolute atomic E-state index is 13.2. The lowest BCUT2D eigenvalue weighted by molar-refractivity contribution is -0.120. The topological polar surface area (TPSA) is 128 Å². The molecule has 3 heterocycles. The van der Waals surface area contributed by atoms with Crippen molar-refractivity contribution < 1.29 is 22.7 Å². The van der Waals surface area contributed by atoms with Gasteiger partial charge in [0.2, 0.25) is 15.9 Å². The Hall–Kier alpha value is -2.34. The normalized spacial score (nSPS) is 23.1. The summed E-state index contributed by atoms with van der Waals surface area (Å²) in [6, 6.07) is 2.79. The number of imidazole rings is 1. The third kappa shape index (κ3) is 5.17. The maximum Gasteiger partial charge on any atom is 0.245 e. The molecule has 9 nitrogen and oxygen atoms in total. The van der Waals surface area contributed by atoms with Crippen LogP contribution in [-0.2, 0) is 14.8 Å². The van der Waals surface area contributed by atoms with Crippen LogP contribution < -0.4 is 5.32 Å². The molecular formula is C22H27ClFN5O4S. The fraction of sp³-hybridized carbons (Fsp3) is 0.500. The summed E-state index contributed by atoms with van der Waals surface area (Å²) in [6.45, 7) is 2.26. The smallest absolute Gasteiger partial charge is 0.245 e. The second-order valence-electron chi connectivity index (χ2n) is 9.01. The van der Waals surface area contributed by atoms with E-state index in [1.807, 2.05) is 6.92 Å². The van der Waals surface area contributed by atoms with Crippen LogP contribution in [0.2, 0.25) is 5.15 Å². The van der Waals surface area contributed by atoms with Crippen LogP contribution in [0.4, 0.5) is 4.39 Å². The first-order valence-electron chi connectivity index (χ1n) is 11.1. The zero-order chi connectivity index (χ0) is 24.5. The Kier molecular flexibility index (Phi) is 7.09. The number of hydrogen-bond acceptors (Lipinski definition) is 6. The minimum atomic E-state index is -3.79. The van der Waals surface area contributed by atoms with Crippen molar-refractivity contribution in [3.05, 3.63) is 46.5 Å². The Balaban J connectivity index is 1.41. The summed E-state index contributed by atoms with van der Waals surface area (Å²) in [6.07, 6.45) is 4.88. The molecule has 3 N–H and O–H groups in total. The standard InChI is InChI=1S/C22H27ClFN5O4S/c1-14-12-29(34(32,33)10-6-18(31)28-22(13-30)7-2-8-22)9-5-16(14)19-20(23)27-21(26-19)17-4-3-15(24)11-25-17/h3-4,6,10-11,14,16,30H,2,5,7-9,12-13H2,1H3,(H,26,27)(H,28,31)/t14-,16+/m0/s1. The Morgan fingerprint density at radius 3 is 2.79 bits per heavy atom. The number of aliphatic hydroxyl groups excluding tert-OH is 1. The van der Waals surface area contributed by atoms with Gasteiger partial charge in [-0.1, -0.05) is 18.5 Å². The number of pyridine rings is 1. The lowest BCUT2D eigenvalue weighted by atomic mass is 9.77. The van der Waals surface area contributed by atoms with E-state index < -0.39 is 27.3 Å². The first-order valence-corrected chi connectivity index (χ1v) is 13.0. The first-order chi connectivity index (χ1) is 16.1. The van der Waals surface area contributed by atoms with Gasteiger partial charge < -0.3 is 15.4 Å². The molecule has 2 aromatic rings. The largest absolute Gasteiger partial charge is 0.394 e. The van der Waals surface area contributed by atoms with Crippen molar-refractivity contribution in [2.45, 2.75) is 44.1 Å². The molecule has 0 aromatic carbocycles. The van der Waals surface area contributed by atoms with Gasteiger partial charge in [0.25, 0.3) is 0 Å². The molecule has 0 spiro atoms. The van der Waals surface area contributed by atoms with Gasteiger partial charge in [-0.25, -0.2) is 22.8 Å². The molecule has 1 amide bonds. The second-order valence-corrected chi connectivity index (χ2v) is 11.2. The van der Waals surface area contributed by atoms with Crippen molar-refractivity contribution in [2.24, 2.45) is 5.92 Å². The minimum absolute atomic E-state index is 0.0593. The van der Waals surface area contributed by atoms with E-state index in [1.165, 1.54) is 16.4 Å². The first kappa shape index (κ1) is 24.8. The number of rotatable bonds is 7. The fourth-order valence-electron chi connectivity index (χ4n) is 4.48. The number of halogens is 2. The number of nitrogens with zero attached hydrogens (tertiary/aromatic N) is 3. The van der Waals surface area contributed by atoms with Crippen LogP contribution in [0, 0.1) is 11.7 Å². The van der Waals surface area contributed by atoms with Crippen molar-refractivity contribution >= 4 is 27.5 Å². The Morgan fingerprint density at radius 2 is 2.21 bits per heavy atom. The van der Waals surface area contributed by atoms with Gasteiger partial charge >= 0.3 is 0 Å². The summed E-state index contributed by atoms with van der Waals surface area (Å²) in [5, 5.41) is 13.4. The number of aromatic nitrogens is 3. The number of carbonyl (C=O) groups excluding carboxylic acids is 1. The van der Waals surface area contributed by atoms with E-state index in [9.17, 15) is 22.7 Å². The molecule has 2 aliphatic rings. The Labute approximate surface area is 202 Å². The van der Waals surface area contributed by atoms with Gasteiger partial charge in [0.1, 0.15) is 11.5 Å². The van der Waals surface area contributed by atoms with Crippen molar-refractivity contribution in [3.8, 4) is 11.5 Å². The van der Waals surface area contributed by atoms with Crippen LogP contribution in [0.3, 0.4) is 0 Å². The molecule has 1 saturated carbocycles. The summed E-state index contributed by atoms with van der Waals surface area (Å²) in [7, 11) is -3.79. The molecule has 0 bridgehead atoms. The summed E-state index contributed by atoms with van der Waals surface area (Å²) >= 11 is 6.37. The minimum Gasteiger partial charge on any atom is -0.394 e. The SMILES string of the molecule is C[C@H]1CN(S(=O)(=O)C=CC(=O)NC2(CO)CCC2)CC[C@H]1c1[nH]c(-c2ccc(F)cn2)nc1Cl. The molecule has 0 unspecified atom stereocenters. The summed E-state index contributed by atoms with van der Waals surface area (Å²) in [5.41, 5.74) is 0.511. The van der Waals surface area contributed by atoms with Crippen LogP contribution >= 0.6 is 11.6 Å².